The van der Waals surface area contributed by atoms with E-state index in [2.05, 4.69) is 58.4 Å². The first kappa shape index (κ1) is 21.3. The van der Waals surface area contributed by atoms with Gasteiger partial charge in [0.15, 0.2) is 0 Å². The highest BCUT2D eigenvalue weighted by Crippen LogP contribution is 2.30. The van der Waals surface area contributed by atoms with Crippen molar-refractivity contribution in [2.24, 2.45) is 0 Å². The molecule has 0 spiro atoms. The van der Waals surface area contributed by atoms with E-state index in [9.17, 15) is 4.79 Å². The van der Waals surface area contributed by atoms with Crippen LogP contribution in [0.1, 0.15) is 27.5 Å². The van der Waals surface area contributed by atoms with E-state index >= 15 is 0 Å². The van der Waals surface area contributed by atoms with Gasteiger partial charge in [-0.15, -0.1) is 0 Å². The number of carbonyl (C=O) groups excluding carboxylic acids is 1. The molecule has 3 aromatic rings. The predicted molar refractivity (Wildman–Crippen MR) is 126 cm³/mol. The molecule has 0 N–H and O–H groups in total. The third kappa shape index (κ3) is 4.89. The Balaban J connectivity index is 1.51. The molecule has 1 amide bonds. The lowest BCUT2D eigenvalue weighted by Gasteiger charge is -2.40. The number of nitrogens with zero attached hydrogens (tertiary/aromatic N) is 4. The van der Waals surface area contributed by atoms with Crippen LogP contribution >= 0.6 is 11.6 Å². The number of pyridine rings is 1. The molecular weight excluding hydrogens is 408 g/mol. The normalized spacial score (nSPS) is 14.6. The lowest BCUT2D eigenvalue weighted by molar-refractivity contribution is 0.0597. The summed E-state index contributed by atoms with van der Waals surface area (Å²) in [4.78, 5) is 23.6. The minimum absolute atomic E-state index is 0.00280. The maximum Gasteiger partial charge on any atom is 0.254 e. The van der Waals surface area contributed by atoms with Crippen LogP contribution in [-0.2, 0) is 0 Å². The average Bonchev–Trinajstić information content (AvgIpc) is 2.80. The predicted octanol–water partition coefficient (Wildman–Crippen LogP) is 4.35. The first-order valence-electron chi connectivity index (χ1n) is 10.5. The van der Waals surface area contributed by atoms with E-state index in [4.69, 9.17) is 11.6 Å². The quantitative estimate of drug-likeness (QED) is 0.560. The summed E-state index contributed by atoms with van der Waals surface area (Å²) in [6.45, 7) is 2.96. The maximum atomic E-state index is 13.1. The third-order valence-corrected chi connectivity index (χ3v) is 5.88. The molecule has 0 aliphatic carbocycles. The van der Waals surface area contributed by atoms with Gasteiger partial charge >= 0.3 is 0 Å². The van der Waals surface area contributed by atoms with Gasteiger partial charge in [-0.1, -0.05) is 72.3 Å². The summed E-state index contributed by atoms with van der Waals surface area (Å²) in [6.07, 6.45) is 0. The number of amides is 1. The Morgan fingerprint density at radius 2 is 1.45 bits per heavy atom. The van der Waals surface area contributed by atoms with Crippen molar-refractivity contribution in [1.82, 2.24) is 14.8 Å². The van der Waals surface area contributed by atoms with Gasteiger partial charge in [0.25, 0.3) is 5.91 Å². The SMILES string of the molecule is CN(C)c1cc(C(=O)N2CCN(C(c3ccccc3)c3ccccc3)CC2)cc(Cl)n1. The highest BCUT2D eigenvalue weighted by Gasteiger charge is 2.28. The zero-order valence-electron chi connectivity index (χ0n) is 17.9. The zero-order valence-corrected chi connectivity index (χ0v) is 18.7. The van der Waals surface area contributed by atoms with Gasteiger partial charge in [0, 0.05) is 45.8 Å². The largest absolute Gasteiger partial charge is 0.363 e. The molecule has 0 radical (unpaired) electrons. The first-order chi connectivity index (χ1) is 15.0. The van der Waals surface area contributed by atoms with Gasteiger partial charge < -0.3 is 9.80 Å². The van der Waals surface area contributed by atoms with Crippen LogP contribution in [0.5, 0.6) is 0 Å². The average molecular weight is 435 g/mol. The van der Waals surface area contributed by atoms with E-state index < -0.39 is 0 Å². The van der Waals surface area contributed by atoms with Crippen molar-refractivity contribution in [3.8, 4) is 0 Å². The fourth-order valence-electron chi connectivity index (χ4n) is 4.09. The van der Waals surface area contributed by atoms with Crippen molar-refractivity contribution in [2.45, 2.75) is 6.04 Å². The minimum atomic E-state index is 0.00280. The van der Waals surface area contributed by atoms with Crippen LogP contribution in [0.4, 0.5) is 5.82 Å². The Labute approximate surface area is 188 Å². The molecule has 2 aromatic carbocycles. The molecule has 1 fully saturated rings. The summed E-state index contributed by atoms with van der Waals surface area (Å²) >= 11 is 6.16. The maximum absolute atomic E-state index is 13.1. The number of hydrogen-bond acceptors (Lipinski definition) is 4. The Morgan fingerprint density at radius 3 is 1.97 bits per heavy atom. The Morgan fingerprint density at radius 1 is 0.903 bits per heavy atom. The van der Waals surface area contributed by atoms with Gasteiger partial charge in [0.1, 0.15) is 11.0 Å². The number of piperazine rings is 1. The molecule has 5 nitrogen and oxygen atoms in total. The van der Waals surface area contributed by atoms with Crippen LogP contribution in [-0.4, -0.2) is 61.0 Å². The highest BCUT2D eigenvalue weighted by molar-refractivity contribution is 6.29. The molecule has 4 rings (SSSR count). The molecule has 1 aromatic heterocycles. The number of halogens is 1. The Kier molecular flexibility index (Phi) is 6.54. The number of carbonyl (C=O) groups is 1. The minimum Gasteiger partial charge on any atom is -0.363 e. The number of hydrogen-bond donors (Lipinski definition) is 0. The van der Waals surface area contributed by atoms with Gasteiger partial charge in [0.2, 0.25) is 0 Å². The standard InChI is InChI=1S/C25H27ClN4O/c1-28(2)23-18-21(17-22(26)27-23)25(31)30-15-13-29(14-16-30)24(19-9-5-3-6-10-19)20-11-7-4-8-12-20/h3-12,17-18,24H,13-16H2,1-2H3. The van der Waals surface area contributed by atoms with Crippen molar-refractivity contribution >= 4 is 23.3 Å². The Hall–Kier alpha value is -2.89. The van der Waals surface area contributed by atoms with E-state index in [0.29, 0.717) is 29.6 Å². The third-order valence-electron chi connectivity index (χ3n) is 5.68. The highest BCUT2D eigenvalue weighted by atomic mass is 35.5. The van der Waals surface area contributed by atoms with Gasteiger partial charge in [-0.25, -0.2) is 4.98 Å². The molecule has 0 unspecified atom stereocenters. The summed E-state index contributed by atoms with van der Waals surface area (Å²) in [5.41, 5.74) is 3.12. The van der Waals surface area contributed by atoms with Gasteiger partial charge in [-0.05, 0) is 23.3 Å². The van der Waals surface area contributed by atoms with E-state index in [-0.39, 0.29) is 11.9 Å². The smallest absolute Gasteiger partial charge is 0.254 e. The fourth-order valence-corrected chi connectivity index (χ4v) is 4.29. The van der Waals surface area contributed by atoms with E-state index in [1.54, 1.807) is 12.1 Å². The van der Waals surface area contributed by atoms with Crippen molar-refractivity contribution < 1.29 is 4.79 Å². The molecule has 2 heterocycles. The summed E-state index contributed by atoms with van der Waals surface area (Å²) in [5, 5.41) is 0.335. The second-order valence-corrected chi connectivity index (χ2v) is 8.37. The molecule has 31 heavy (non-hydrogen) atoms. The van der Waals surface area contributed by atoms with Gasteiger partial charge in [-0.3, -0.25) is 9.69 Å². The topological polar surface area (TPSA) is 39.7 Å². The number of benzene rings is 2. The summed E-state index contributed by atoms with van der Waals surface area (Å²) in [7, 11) is 3.78. The van der Waals surface area contributed by atoms with Crippen LogP contribution in [0.25, 0.3) is 0 Å². The van der Waals surface area contributed by atoms with Crippen LogP contribution in [0.2, 0.25) is 5.15 Å². The lowest BCUT2D eigenvalue weighted by atomic mass is 9.96. The van der Waals surface area contributed by atoms with Crippen LogP contribution in [0, 0.1) is 0 Å². The van der Waals surface area contributed by atoms with Crippen molar-refractivity contribution in [3.05, 3.63) is 94.6 Å². The number of anilines is 1. The molecule has 160 valence electrons. The molecule has 6 heteroatoms. The van der Waals surface area contributed by atoms with E-state index in [1.165, 1.54) is 11.1 Å². The van der Waals surface area contributed by atoms with Crippen molar-refractivity contribution in [2.75, 3.05) is 45.2 Å². The monoisotopic (exact) mass is 434 g/mol. The number of aromatic nitrogens is 1. The molecule has 1 aliphatic heterocycles. The van der Waals surface area contributed by atoms with Crippen LogP contribution in [0.15, 0.2) is 72.8 Å². The zero-order chi connectivity index (χ0) is 21.8. The molecule has 0 atom stereocenters. The fraction of sp³-hybridized carbons (Fsp3) is 0.280. The van der Waals surface area contributed by atoms with Gasteiger partial charge in [0.05, 0.1) is 6.04 Å². The first-order valence-corrected chi connectivity index (χ1v) is 10.9. The molecular formula is C25H27ClN4O. The Bertz CT molecular complexity index is 979. The van der Waals surface area contributed by atoms with Crippen molar-refractivity contribution in [3.63, 3.8) is 0 Å². The van der Waals surface area contributed by atoms with E-state index in [1.807, 2.05) is 36.0 Å². The van der Waals surface area contributed by atoms with Gasteiger partial charge in [-0.2, -0.15) is 0 Å². The summed E-state index contributed by atoms with van der Waals surface area (Å²) in [6, 6.07) is 24.8. The second kappa shape index (κ2) is 9.50. The molecule has 1 saturated heterocycles. The van der Waals surface area contributed by atoms with Crippen LogP contribution in [0.3, 0.4) is 0 Å². The molecule has 0 bridgehead atoms. The summed E-state index contributed by atoms with van der Waals surface area (Å²) < 4.78 is 0. The van der Waals surface area contributed by atoms with Crippen molar-refractivity contribution in [1.29, 1.82) is 0 Å². The molecule has 0 saturated carbocycles. The second-order valence-electron chi connectivity index (χ2n) is 7.98. The molecule has 1 aliphatic rings. The lowest BCUT2D eigenvalue weighted by Crippen LogP contribution is -2.49. The number of rotatable bonds is 5. The van der Waals surface area contributed by atoms with Crippen LogP contribution < -0.4 is 4.90 Å². The summed E-state index contributed by atoms with van der Waals surface area (Å²) in [5.74, 6) is 0.686. The van der Waals surface area contributed by atoms with E-state index in [0.717, 1.165) is 13.1 Å².